The summed E-state index contributed by atoms with van der Waals surface area (Å²) in [6.45, 7) is 8.83. The summed E-state index contributed by atoms with van der Waals surface area (Å²) in [5.74, 6) is 1.57. The van der Waals surface area contributed by atoms with E-state index in [1.54, 1.807) is 0 Å². The highest BCUT2D eigenvalue weighted by atomic mass is 16.1. The number of hydrogen-bond donors (Lipinski definition) is 0. The van der Waals surface area contributed by atoms with Crippen molar-refractivity contribution in [3.8, 4) is 0 Å². The Kier molecular flexibility index (Phi) is 1.68. The van der Waals surface area contributed by atoms with Crippen molar-refractivity contribution in [2.45, 2.75) is 47.0 Å². The van der Waals surface area contributed by atoms with Gasteiger partial charge in [0.05, 0.1) is 0 Å². The first-order chi connectivity index (χ1) is 5.88. The normalized spacial score (nSPS) is 48.2. The van der Waals surface area contributed by atoms with Gasteiger partial charge in [-0.05, 0) is 30.6 Å². The topological polar surface area (TPSA) is 17.1 Å². The number of rotatable bonds is 0. The number of carbonyl (C=O) groups is 1. The first-order valence-corrected chi connectivity index (χ1v) is 5.42. The molecule has 0 heterocycles. The fourth-order valence-electron chi connectivity index (χ4n) is 3.31. The predicted molar refractivity (Wildman–Crippen MR) is 53.4 cm³/mol. The largest absolute Gasteiger partial charge is 0.299 e. The Morgan fingerprint density at radius 2 is 1.92 bits per heavy atom. The van der Waals surface area contributed by atoms with E-state index in [4.69, 9.17) is 0 Å². The van der Waals surface area contributed by atoms with Crippen LogP contribution in [0.1, 0.15) is 47.0 Å². The number of hydrogen-bond acceptors (Lipinski definition) is 1. The fourth-order valence-corrected chi connectivity index (χ4v) is 3.31. The van der Waals surface area contributed by atoms with Gasteiger partial charge in [0.25, 0.3) is 0 Å². The van der Waals surface area contributed by atoms with Gasteiger partial charge in [-0.1, -0.05) is 27.7 Å². The summed E-state index contributed by atoms with van der Waals surface area (Å²) in [5, 5.41) is 0. The molecule has 0 N–H and O–H groups in total. The molecular weight excluding hydrogens is 160 g/mol. The lowest BCUT2D eigenvalue weighted by atomic mass is 9.59. The summed E-state index contributed by atoms with van der Waals surface area (Å²) in [6, 6.07) is 0. The van der Waals surface area contributed by atoms with Gasteiger partial charge in [0, 0.05) is 11.3 Å². The van der Waals surface area contributed by atoms with Crippen molar-refractivity contribution in [1.29, 1.82) is 0 Å². The minimum absolute atomic E-state index is 0.0413. The van der Waals surface area contributed by atoms with Gasteiger partial charge in [-0.25, -0.2) is 0 Å². The molecule has 2 bridgehead atoms. The molecule has 1 heteroatoms. The molecular formula is C12H20O. The van der Waals surface area contributed by atoms with Crippen molar-refractivity contribution in [3.63, 3.8) is 0 Å². The average Bonchev–Trinajstić information content (AvgIpc) is 2.43. The van der Waals surface area contributed by atoms with Crippen molar-refractivity contribution in [1.82, 2.24) is 0 Å². The maximum Gasteiger partial charge on any atom is 0.142 e. The van der Waals surface area contributed by atoms with Gasteiger partial charge in [0.1, 0.15) is 5.78 Å². The molecule has 0 aromatic rings. The summed E-state index contributed by atoms with van der Waals surface area (Å²) >= 11 is 0. The van der Waals surface area contributed by atoms with Crippen molar-refractivity contribution in [2.24, 2.45) is 22.7 Å². The molecule has 0 aliphatic heterocycles. The quantitative estimate of drug-likeness (QED) is 0.560. The Morgan fingerprint density at radius 1 is 1.31 bits per heavy atom. The molecule has 2 saturated carbocycles. The van der Waals surface area contributed by atoms with Crippen molar-refractivity contribution in [3.05, 3.63) is 0 Å². The Balaban J connectivity index is 2.39. The van der Waals surface area contributed by atoms with Crippen LogP contribution in [0.4, 0.5) is 0 Å². The Morgan fingerprint density at radius 3 is 2.54 bits per heavy atom. The molecule has 0 unspecified atom stereocenters. The second-order valence-corrected chi connectivity index (χ2v) is 5.91. The van der Waals surface area contributed by atoms with E-state index in [2.05, 4.69) is 27.7 Å². The van der Waals surface area contributed by atoms with E-state index in [0.717, 1.165) is 18.8 Å². The third-order valence-corrected chi connectivity index (χ3v) is 4.90. The molecule has 2 aliphatic carbocycles. The van der Waals surface area contributed by atoms with Gasteiger partial charge >= 0.3 is 0 Å². The first-order valence-electron chi connectivity index (χ1n) is 5.42. The minimum atomic E-state index is 0.0413. The molecule has 2 rings (SSSR count). The van der Waals surface area contributed by atoms with Crippen LogP contribution in [-0.4, -0.2) is 5.78 Å². The van der Waals surface area contributed by atoms with E-state index in [-0.39, 0.29) is 16.7 Å². The SMILES string of the molecule is C[C@H]1C(=O)[C@]2(C)CC[C@@H](C2)C1(C)C. The zero-order chi connectivity index (χ0) is 9.85. The van der Waals surface area contributed by atoms with Crippen LogP contribution in [0.3, 0.4) is 0 Å². The molecule has 2 aliphatic rings. The van der Waals surface area contributed by atoms with Gasteiger partial charge in [0.2, 0.25) is 0 Å². The van der Waals surface area contributed by atoms with Crippen LogP contribution in [0, 0.1) is 22.7 Å². The van der Waals surface area contributed by atoms with Gasteiger partial charge in [-0.2, -0.15) is 0 Å². The van der Waals surface area contributed by atoms with Crippen LogP contribution in [0.2, 0.25) is 0 Å². The lowest BCUT2D eigenvalue weighted by molar-refractivity contribution is -0.140. The average molecular weight is 180 g/mol. The molecule has 0 radical (unpaired) electrons. The molecule has 2 fully saturated rings. The summed E-state index contributed by atoms with van der Waals surface area (Å²) in [7, 11) is 0. The maximum absolute atomic E-state index is 12.1. The van der Waals surface area contributed by atoms with E-state index in [9.17, 15) is 4.79 Å². The zero-order valence-electron chi connectivity index (χ0n) is 9.18. The molecule has 0 aromatic heterocycles. The Labute approximate surface area is 80.9 Å². The number of Topliss-reactive ketones (excluding diaryl/α,β-unsaturated/α-hetero) is 1. The second kappa shape index (κ2) is 2.37. The third kappa shape index (κ3) is 1.02. The molecule has 3 atom stereocenters. The fraction of sp³-hybridized carbons (Fsp3) is 0.917. The first kappa shape index (κ1) is 9.23. The highest BCUT2D eigenvalue weighted by Crippen LogP contribution is 2.58. The molecule has 0 amide bonds. The van der Waals surface area contributed by atoms with E-state index in [1.165, 1.54) is 6.42 Å². The van der Waals surface area contributed by atoms with Gasteiger partial charge < -0.3 is 0 Å². The van der Waals surface area contributed by atoms with Crippen molar-refractivity contribution in [2.75, 3.05) is 0 Å². The third-order valence-electron chi connectivity index (χ3n) is 4.90. The van der Waals surface area contributed by atoms with E-state index in [1.807, 2.05) is 0 Å². The van der Waals surface area contributed by atoms with Crippen LogP contribution < -0.4 is 0 Å². The van der Waals surface area contributed by atoms with Crippen LogP contribution in [0.5, 0.6) is 0 Å². The number of ketones is 1. The van der Waals surface area contributed by atoms with E-state index in [0.29, 0.717) is 5.78 Å². The van der Waals surface area contributed by atoms with E-state index >= 15 is 0 Å². The van der Waals surface area contributed by atoms with Gasteiger partial charge in [-0.3, -0.25) is 4.79 Å². The molecule has 0 aromatic carbocycles. The minimum Gasteiger partial charge on any atom is -0.299 e. The van der Waals surface area contributed by atoms with Crippen LogP contribution in [0.15, 0.2) is 0 Å². The van der Waals surface area contributed by atoms with Gasteiger partial charge in [-0.15, -0.1) is 0 Å². The van der Waals surface area contributed by atoms with Crippen LogP contribution >= 0.6 is 0 Å². The molecule has 13 heavy (non-hydrogen) atoms. The smallest absolute Gasteiger partial charge is 0.142 e. The lowest BCUT2D eigenvalue weighted by Crippen LogP contribution is -2.45. The predicted octanol–water partition coefficient (Wildman–Crippen LogP) is 3.04. The standard InChI is InChI=1S/C12H20O/c1-8-10(13)12(4)6-5-9(7-12)11(8,2)3/h8-9H,5-7H2,1-4H3/t8-,9-,12+/m0/s1. The Hall–Kier alpha value is -0.330. The van der Waals surface area contributed by atoms with Crippen LogP contribution in [-0.2, 0) is 4.79 Å². The van der Waals surface area contributed by atoms with Crippen molar-refractivity contribution < 1.29 is 4.79 Å². The number of carbonyl (C=O) groups excluding carboxylic acids is 1. The lowest BCUT2D eigenvalue weighted by Gasteiger charge is -2.44. The van der Waals surface area contributed by atoms with E-state index < -0.39 is 0 Å². The highest BCUT2D eigenvalue weighted by Gasteiger charge is 2.55. The molecule has 74 valence electrons. The summed E-state index contributed by atoms with van der Waals surface area (Å²) < 4.78 is 0. The Bertz CT molecular complexity index is 254. The molecule has 1 nitrogen and oxygen atoms in total. The summed E-state index contributed by atoms with van der Waals surface area (Å²) in [6.07, 6.45) is 3.53. The molecule has 0 saturated heterocycles. The number of fused-ring (bicyclic) bond motifs is 2. The monoisotopic (exact) mass is 180 g/mol. The van der Waals surface area contributed by atoms with Crippen LogP contribution in [0.25, 0.3) is 0 Å². The molecule has 0 spiro atoms. The summed E-state index contributed by atoms with van der Waals surface area (Å²) in [4.78, 5) is 12.1. The highest BCUT2D eigenvalue weighted by molar-refractivity contribution is 5.88. The zero-order valence-corrected chi connectivity index (χ0v) is 9.18. The van der Waals surface area contributed by atoms with Crippen molar-refractivity contribution >= 4 is 5.78 Å². The van der Waals surface area contributed by atoms with Gasteiger partial charge in [0.15, 0.2) is 0 Å². The summed E-state index contributed by atoms with van der Waals surface area (Å²) in [5.41, 5.74) is 0.284. The second-order valence-electron chi connectivity index (χ2n) is 5.91. The maximum atomic E-state index is 12.1.